The highest BCUT2D eigenvalue weighted by atomic mass is 19.1. The van der Waals surface area contributed by atoms with Crippen LogP contribution in [0.3, 0.4) is 0 Å². The highest BCUT2D eigenvalue weighted by molar-refractivity contribution is 5.99. The van der Waals surface area contributed by atoms with Crippen LogP contribution in [0.15, 0.2) is 28.8 Å². The zero-order valence-electron chi connectivity index (χ0n) is 13.7. The van der Waals surface area contributed by atoms with E-state index >= 15 is 0 Å². The van der Waals surface area contributed by atoms with Crippen molar-refractivity contribution in [3.05, 3.63) is 41.8 Å². The quantitative estimate of drug-likeness (QED) is 0.873. The third-order valence-corrected chi connectivity index (χ3v) is 3.83. The molecule has 9 heteroatoms. The summed E-state index contributed by atoms with van der Waals surface area (Å²) < 4.78 is 18.3. The second-order valence-corrected chi connectivity index (χ2v) is 5.73. The molecule has 1 atom stereocenters. The molecule has 0 unspecified atom stereocenters. The SMILES string of the molecule is Cc1noc(CNC(=O)N[C@H]2CCCN(c3cccc(F)c3)C2=O)n1. The molecule has 2 aromatic rings. The zero-order chi connectivity index (χ0) is 17.8. The number of carbonyl (C=O) groups excluding carboxylic acids is 2. The van der Waals surface area contributed by atoms with E-state index in [1.807, 2.05) is 0 Å². The summed E-state index contributed by atoms with van der Waals surface area (Å²) in [5.74, 6) is 0.0861. The van der Waals surface area contributed by atoms with Gasteiger partial charge in [0, 0.05) is 12.2 Å². The van der Waals surface area contributed by atoms with Crippen molar-refractivity contribution in [2.24, 2.45) is 0 Å². The van der Waals surface area contributed by atoms with Gasteiger partial charge in [-0.3, -0.25) is 4.79 Å². The second kappa shape index (κ2) is 7.29. The lowest BCUT2D eigenvalue weighted by atomic mass is 10.0. The highest BCUT2D eigenvalue weighted by Crippen LogP contribution is 2.21. The van der Waals surface area contributed by atoms with Gasteiger partial charge in [-0.2, -0.15) is 4.98 Å². The van der Waals surface area contributed by atoms with Crippen LogP contribution in [0.5, 0.6) is 0 Å². The van der Waals surface area contributed by atoms with Gasteiger partial charge in [0.05, 0.1) is 6.54 Å². The largest absolute Gasteiger partial charge is 0.337 e. The van der Waals surface area contributed by atoms with E-state index < -0.39 is 17.9 Å². The van der Waals surface area contributed by atoms with Crippen LogP contribution in [0.25, 0.3) is 0 Å². The fourth-order valence-electron chi connectivity index (χ4n) is 2.69. The number of anilines is 1. The minimum atomic E-state index is -0.665. The lowest BCUT2D eigenvalue weighted by Gasteiger charge is -2.32. The number of nitrogens with one attached hydrogen (secondary N) is 2. The molecule has 1 aromatic heterocycles. The maximum absolute atomic E-state index is 13.4. The summed E-state index contributed by atoms with van der Waals surface area (Å²) in [6.45, 7) is 2.24. The lowest BCUT2D eigenvalue weighted by Crippen LogP contribution is -2.54. The van der Waals surface area contributed by atoms with E-state index in [-0.39, 0.29) is 18.3 Å². The van der Waals surface area contributed by atoms with E-state index in [0.717, 1.165) is 0 Å². The number of urea groups is 1. The number of nitrogens with zero attached hydrogens (tertiary/aromatic N) is 3. The average Bonchev–Trinajstić information content (AvgIpc) is 3.00. The number of hydrogen-bond acceptors (Lipinski definition) is 5. The number of piperidine rings is 1. The number of aromatic nitrogens is 2. The molecule has 8 nitrogen and oxygen atoms in total. The molecule has 1 aliphatic rings. The van der Waals surface area contributed by atoms with Gasteiger partial charge in [-0.05, 0) is 38.0 Å². The van der Waals surface area contributed by atoms with Gasteiger partial charge in [0.15, 0.2) is 5.82 Å². The van der Waals surface area contributed by atoms with Gasteiger partial charge in [0.1, 0.15) is 11.9 Å². The summed E-state index contributed by atoms with van der Waals surface area (Å²) in [6, 6.07) is 4.67. The molecule has 2 N–H and O–H groups in total. The maximum atomic E-state index is 13.4. The Morgan fingerprint density at radius 2 is 2.32 bits per heavy atom. The molecule has 0 spiro atoms. The van der Waals surface area contributed by atoms with Crippen molar-refractivity contribution < 1.29 is 18.5 Å². The number of aryl methyl sites for hydroxylation is 1. The van der Waals surface area contributed by atoms with Gasteiger partial charge in [-0.1, -0.05) is 11.2 Å². The lowest BCUT2D eigenvalue weighted by molar-refractivity contribution is -0.121. The Hall–Kier alpha value is -2.97. The molecule has 0 saturated carbocycles. The van der Waals surface area contributed by atoms with Gasteiger partial charge < -0.3 is 20.1 Å². The predicted octanol–water partition coefficient (Wildman–Crippen LogP) is 1.51. The Morgan fingerprint density at radius 1 is 1.48 bits per heavy atom. The molecule has 1 aromatic carbocycles. The van der Waals surface area contributed by atoms with Crippen LogP contribution < -0.4 is 15.5 Å². The first-order valence-electron chi connectivity index (χ1n) is 7.93. The van der Waals surface area contributed by atoms with Crippen LogP contribution in [0.4, 0.5) is 14.9 Å². The van der Waals surface area contributed by atoms with Crippen LogP contribution in [0, 0.1) is 12.7 Å². The van der Waals surface area contributed by atoms with E-state index in [1.54, 1.807) is 19.1 Å². The first-order chi connectivity index (χ1) is 12.0. The molecule has 3 rings (SSSR count). The number of halogens is 1. The molecule has 1 fully saturated rings. The van der Waals surface area contributed by atoms with E-state index in [0.29, 0.717) is 30.9 Å². The van der Waals surface area contributed by atoms with Gasteiger partial charge in [-0.25, -0.2) is 9.18 Å². The van der Waals surface area contributed by atoms with E-state index in [2.05, 4.69) is 20.8 Å². The van der Waals surface area contributed by atoms with Crippen molar-refractivity contribution in [2.75, 3.05) is 11.4 Å². The van der Waals surface area contributed by atoms with E-state index in [9.17, 15) is 14.0 Å². The number of rotatable bonds is 4. The molecular weight excluding hydrogens is 329 g/mol. The van der Waals surface area contributed by atoms with Gasteiger partial charge in [0.2, 0.25) is 11.8 Å². The Morgan fingerprint density at radius 3 is 3.04 bits per heavy atom. The number of amides is 3. The molecule has 0 radical (unpaired) electrons. The third-order valence-electron chi connectivity index (χ3n) is 3.83. The zero-order valence-corrected chi connectivity index (χ0v) is 13.7. The van der Waals surface area contributed by atoms with Crippen molar-refractivity contribution >= 4 is 17.6 Å². The highest BCUT2D eigenvalue weighted by Gasteiger charge is 2.31. The Bertz CT molecular complexity index is 779. The summed E-state index contributed by atoms with van der Waals surface area (Å²) in [7, 11) is 0. The monoisotopic (exact) mass is 347 g/mol. The van der Waals surface area contributed by atoms with Gasteiger partial charge >= 0.3 is 6.03 Å². The second-order valence-electron chi connectivity index (χ2n) is 5.73. The Balaban J connectivity index is 1.58. The number of carbonyl (C=O) groups is 2. The van der Waals surface area contributed by atoms with Crippen molar-refractivity contribution in [1.82, 2.24) is 20.8 Å². The fraction of sp³-hybridized carbons (Fsp3) is 0.375. The van der Waals surface area contributed by atoms with Gasteiger partial charge in [0.25, 0.3) is 0 Å². The molecule has 3 amide bonds. The van der Waals surface area contributed by atoms with Crippen LogP contribution in [-0.4, -0.2) is 34.7 Å². The standard InChI is InChI=1S/C16H18FN5O3/c1-10-19-14(25-21-10)9-18-16(24)20-13-6-3-7-22(15(13)23)12-5-2-4-11(17)8-12/h2,4-5,8,13H,3,6-7,9H2,1H3,(H2,18,20,24)/t13-/m0/s1. The number of hydrogen-bond donors (Lipinski definition) is 2. The van der Waals surface area contributed by atoms with Crippen molar-refractivity contribution in [3.8, 4) is 0 Å². The molecule has 1 aliphatic heterocycles. The Labute approximate surface area is 143 Å². The molecule has 25 heavy (non-hydrogen) atoms. The molecule has 1 saturated heterocycles. The van der Waals surface area contributed by atoms with Crippen molar-refractivity contribution in [3.63, 3.8) is 0 Å². The third kappa shape index (κ3) is 4.11. The summed E-state index contributed by atoms with van der Waals surface area (Å²) in [6.07, 6.45) is 1.23. The molecule has 0 bridgehead atoms. The van der Waals surface area contributed by atoms with Crippen molar-refractivity contribution in [1.29, 1.82) is 0 Å². The number of benzene rings is 1. The van der Waals surface area contributed by atoms with Crippen LogP contribution >= 0.6 is 0 Å². The summed E-state index contributed by atoms with van der Waals surface area (Å²) in [5.41, 5.74) is 0.484. The van der Waals surface area contributed by atoms with E-state index in [4.69, 9.17) is 4.52 Å². The van der Waals surface area contributed by atoms with Crippen LogP contribution in [0.2, 0.25) is 0 Å². The average molecular weight is 347 g/mol. The predicted molar refractivity (Wildman–Crippen MR) is 86.2 cm³/mol. The first kappa shape index (κ1) is 16.9. The molecule has 0 aliphatic carbocycles. The normalized spacial score (nSPS) is 17.4. The summed E-state index contributed by atoms with van der Waals surface area (Å²) in [5, 5.41) is 8.83. The van der Waals surface area contributed by atoms with Crippen LogP contribution in [-0.2, 0) is 11.3 Å². The molecular formula is C16H18FN5O3. The van der Waals surface area contributed by atoms with Crippen LogP contribution in [0.1, 0.15) is 24.6 Å². The summed E-state index contributed by atoms with van der Waals surface area (Å²) >= 11 is 0. The van der Waals surface area contributed by atoms with Gasteiger partial charge in [-0.15, -0.1) is 0 Å². The molecule has 132 valence electrons. The minimum absolute atomic E-state index is 0.0706. The Kier molecular flexibility index (Phi) is 4.92. The fourth-order valence-corrected chi connectivity index (χ4v) is 2.69. The summed E-state index contributed by atoms with van der Waals surface area (Å²) in [4.78, 5) is 30.0. The minimum Gasteiger partial charge on any atom is -0.337 e. The maximum Gasteiger partial charge on any atom is 0.315 e. The topological polar surface area (TPSA) is 100 Å². The molecule has 2 heterocycles. The van der Waals surface area contributed by atoms with Crippen molar-refractivity contribution in [2.45, 2.75) is 32.4 Å². The van der Waals surface area contributed by atoms with E-state index in [1.165, 1.54) is 17.0 Å². The smallest absolute Gasteiger partial charge is 0.315 e. The first-order valence-corrected chi connectivity index (χ1v) is 7.93.